The maximum Gasteiger partial charge on any atom is 0.261 e. The molecule has 0 saturated heterocycles. The zero-order valence-electron chi connectivity index (χ0n) is 16.2. The number of hydrogen-bond acceptors (Lipinski definition) is 4. The Morgan fingerprint density at radius 3 is 2.56 bits per heavy atom. The highest BCUT2D eigenvalue weighted by Gasteiger charge is 2.26. The predicted molar refractivity (Wildman–Crippen MR) is 105 cm³/mol. The summed E-state index contributed by atoms with van der Waals surface area (Å²) in [6.07, 6.45) is -0.697. The monoisotopic (exact) mass is 366 g/mol. The Morgan fingerprint density at radius 2 is 1.89 bits per heavy atom. The summed E-state index contributed by atoms with van der Waals surface area (Å²) in [6, 6.07) is 16.5. The number of amides is 1. The van der Waals surface area contributed by atoms with Crippen LogP contribution in [0.2, 0.25) is 0 Å². The fraction of sp³-hybridized carbons (Fsp3) is 0.364. The number of para-hydroxylation sites is 1. The molecule has 0 fully saturated rings. The Kier molecular flexibility index (Phi) is 7.25. The molecular weight excluding hydrogens is 340 g/mol. The molecule has 0 aliphatic carbocycles. The van der Waals surface area contributed by atoms with E-state index in [1.165, 1.54) is 0 Å². The molecule has 142 valence electrons. The van der Waals surface area contributed by atoms with E-state index in [9.17, 15) is 10.1 Å². The first-order valence-corrected chi connectivity index (χ1v) is 9.15. The van der Waals surface area contributed by atoms with Crippen LogP contribution in [0.5, 0.6) is 11.5 Å². The number of benzene rings is 2. The third-order valence-electron chi connectivity index (χ3n) is 4.15. The number of nitrogens with zero attached hydrogens (tertiary/aromatic N) is 1. The minimum atomic E-state index is -0.697. The van der Waals surface area contributed by atoms with Crippen molar-refractivity contribution in [1.29, 1.82) is 5.26 Å². The molecule has 2 aromatic rings. The molecule has 0 aliphatic rings. The Hall–Kier alpha value is -3.00. The van der Waals surface area contributed by atoms with Gasteiger partial charge in [0.2, 0.25) is 0 Å². The summed E-state index contributed by atoms with van der Waals surface area (Å²) in [6.45, 7) is 8.27. The molecule has 0 heterocycles. The van der Waals surface area contributed by atoms with Crippen LogP contribution in [-0.4, -0.2) is 18.6 Å². The molecule has 2 unspecified atom stereocenters. The summed E-state index contributed by atoms with van der Waals surface area (Å²) in [5.41, 5.74) is 1.36. The molecule has 1 N–H and O–H groups in total. The predicted octanol–water partition coefficient (Wildman–Crippen LogP) is 4.24. The first kappa shape index (κ1) is 20.3. The van der Waals surface area contributed by atoms with E-state index in [2.05, 4.69) is 11.4 Å². The number of carbonyl (C=O) groups is 1. The highest BCUT2D eigenvalue weighted by Crippen LogP contribution is 2.23. The second-order valence-electron chi connectivity index (χ2n) is 6.63. The smallest absolute Gasteiger partial charge is 0.261 e. The maximum atomic E-state index is 12.8. The van der Waals surface area contributed by atoms with Crippen molar-refractivity contribution in [2.24, 2.45) is 5.92 Å². The fourth-order valence-electron chi connectivity index (χ4n) is 2.71. The molecular formula is C22H26N2O3. The summed E-state index contributed by atoms with van der Waals surface area (Å²) in [4.78, 5) is 12.8. The van der Waals surface area contributed by atoms with Crippen molar-refractivity contribution in [2.75, 3.05) is 6.61 Å². The average molecular weight is 366 g/mol. The molecule has 2 atom stereocenters. The van der Waals surface area contributed by atoms with Gasteiger partial charge in [-0.1, -0.05) is 38.1 Å². The van der Waals surface area contributed by atoms with Gasteiger partial charge in [-0.15, -0.1) is 0 Å². The van der Waals surface area contributed by atoms with Gasteiger partial charge < -0.3 is 14.8 Å². The first-order chi connectivity index (χ1) is 13.0. The lowest BCUT2D eigenvalue weighted by Crippen LogP contribution is -2.42. The van der Waals surface area contributed by atoms with Crippen molar-refractivity contribution in [3.63, 3.8) is 0 Å². The number of nitrogens with one attached hydrogen (secondary N) is 1. The van der Waals surface area contributed by atoms with Gasteiger partial charge in [0.05, 0.1) is 18.2 Å². The quantitative estimate of drug-likeness (QED) is 0.758. The van der Waals surface area contributed by atoms with Crippen LogP contribution in [0, 0.1) is 17.2 Å². The molecule has 1 amide bonds. The third-order valence-corrected chi connectivity index (χ3v) is 4.15. The number of hydrogen-bond donors (Lipinski definition) is 1. The van der Waals surface area contributed by atoms with Crippen LogP contribution >= 0.6 is 0 Å². The van der Waals surface area contributed by atoms with Gasteiger partial charge in [0, 0.05) is 0 Å². The van der Waals surface area contributed by atoms with Crippen molar-refractivity contribution >= 4 is 5.91 Å². The lowest BCUT2D eigenvalue weighted by molar-refractivity contribution is -0.130. The zero-order valence-corrected chi connectivity index (χ0v) is 16.2. The standard InChI is InChI=1S/C22H26N2O3/c1-5-26-19-11-8-10-17(13-19)16(4)24-22(25)21(15(2)3)27-20-12-7-6-9-18(20)14-23/h6-13,15-16,21H,5H2,1-4H3,(H,24,25). The normalized spacial score (nSPS) is 12.7. The molecule has 0 spiro atoms. The summed E-state index contributed by atoms with van der Waals surface area (Å²) >= 11 is 0. The van der Waals surface area contributed by atoms with Gasteiger partial charge in [-0.2, -0.15) is 5.26 Å². The van der Waals surface area contributed by atoms with Crippen LogP contribution < -0.4 is 14.8 Å². The molecule has 5 heteroatoms. The largest absolute Gasteiger partial charge is 0.494 e. The van der Waals surface area contributed by atoms with Crippen LogP contribution in [0.15, 0.2) is 48.5 Å². The van der Waals surface area contributed by atoms with Crippen molar-refractivity contribution in [3.05, 3.63) is 59.7 Å². The van der Waals surface area contributed by atoms with Gasteiger partial charge in [0.15, 0.2) is 6.10 Å². The lowest BCUT2D eigenvalue weighted by atomic mass is 10.0. The van der Waals surface area contributed by atoms with E-state index in [1.807, 2.05) is 52.0 Å². The summed E-state index contributed by atoms with van der Waals surface area (Å²) in [5.74, 6) is 0.918. The molecule has 27 heavy (non-hydrogen) atoms. The van der Waals surface area contributed by atoms with Gasteiger partial charge in [0.25, 0.3) is 5.91 Å². The molecule has 2 rings (SSSR count). The van der Waals surface area contributed by atoms with Crippen molar-refractivity contribution in [2.45, 2.75) is 39.8 Å². The summed E-state index contributed by atoms with van der Waals surface area (Å²) in [5, 5.41) is 12.2. The number of carbonyl (C=O) groups excluding carboxylic acids is 1. The third kappa shape index (κ3) is 5.49. The van der Waals surface area contributed by atoms with Gasteiger partial charge >= 0.3 is 0 Å². The second-order valence-corrected chi connectivity index (χ2v) is 6.63. The zero-order chi connectivity index (χ0) is 19.8. The topological polar surface area (TPSA) is 71.3 Å². The van der Waals surface area contributed by atoms with Gasteiger partial charge in [-0.05, 0) is 49.6 Å². The first-order valence-electron chi connectivity index (χ1n) is 9.15. The van der Waals surface area contributed by atoms with Gasteiger partial charge in [-0.25, -0.2) is 0 Å². The lowest BCUT2D eigenvalue weighted by Gasteiger charge is -2.24. The highest BCUT2D eigenvalue weighted by atomic mass is 16.5. The highest BCUT2D eigenvalue weighted by molar-refractivity contribution is 5.82. The van der Waals surface area contributed by atoms with E-state index in [1.54, 1.807) is 24.3 Å². The molecule has 0 aromatic heterocycles. The number of ether oxygens (including phenoxy) is 2. The van der Waals surface area contributed by atoms with Gasteiger partial charge in [-0.3, -0.25) is 4.79 Å². The molecule has 2 aromatic carbocycles. The van der Waals surface area contributed by atoms with Gasteiger partial charge in [0.1, 0.15) is 17.6 Å². The summed E-state index contributed by atoms with van der Waals surface area (Å²) < 4.78 is 11.4. The van der Waals surface area contributed by atoms with Crippen LogP contribution in [0.25, 0.3) is 0 Å². The van der Waals surface area contributed by atoms with E-state index in [0.29, 0.717) is 17.9 Å². The van der Waals surface area contributed by atoms with Crippen molar-refractivity contribution < 1.29 is 14.3 Å². The number of nitriles is 1. The minimum absolute atomic E-state index is 0.0568. The molecule has 0 bridgehead atoms. The summed E-state index contributed by atoms with van der Waals surface area (Å²) in [7, 11) is 0. The number of rotatable bonds is 8. The van der Waals surface area contributed by atoms with E-state index in [0.717, 1.165) is 11.3 Å². The molecule has 0 radical (unpaired) electrons. The molecule has 5 nitrogen and oxygen atoms in total. The Morgan fingerprint density at radius 1 is 1.15 bits per heavy atom. The molecule has 0 aliphatic heterocycles. The van der Waals surface area contributed by atoms with Crippen LogP contribution in [0.3, 0.4) is 0 Å². The van der Waals surface area contributed by atoms with Crippen LogP contribution in [-0.2, 0) is 4.79 Å². The second kappa shape index (κ2) is 9.63. The average Bonchev–Trinajstić information content (AvgIpc) is 2.66. The van der Waals surface area contributed by atoms with E-state index >= 15 is 0 Å². The van der Waals surface area contributed by atoms with Crippen molar-refractivity contribution in [3.8, 4) is 17.6 Å². The molecule has 0 saturated carbocycles. The SMILES string of the molecule is CCOc1cccc(C(C)NC(=O)C(Oc2ccccc2C#N)C(C)C)c1. The van der Waals surface area contributed by atoms with E-state index in [4.69, 9.17) is 9.47 Å². The Labute approximate surface area is 160 Å². The minimum Gasteiger partial charge on any atom is -0.494 e. The Bertz CT molecular complexity index is 811. The van der Waals surface area contributed by atoms with Crippen LogP contribution in [0.4, 0.5) is 0 Å². The van der Waals surface area contributed by atoms with E-state index < -0.39 is 6.10 Å². The van der Waals surface area contributed by atoms with E-state index in [-0.39, 0.29) is 17.9 Å². The fourth-order valence-corrected chi connectivity index (χ4v) is 2.71. The van der Waals surface area contributed by atoms with Crippen molar-refractivity contribution in [1.82, 2.24) is 5.32 Å². The van der Waals surface area contributed by atoms with Crippen LogP contribution in [0.1, 0.15) is 44.9 Å². The Balaban J connectivity index is 2.13. The maximum absolute atomic E-state index is 12.8.